The van der Waals surface area contributed by atoms with Gasteiger partial charge in [0.15, 0.2) is 5.82 Å². The van der Waals surface area contributed by atoms with Gasteiger partial charge in [-0.25, -0.2) is 13.8 Å². The number of hydrogen-bond donors (Lipinski definition) is 0. The minimum Gasteiger partial charge on any atom is -0.497 e. The van der Waals surface area contributed by atoms with E-state index >= 15 is 0 Å². The van der Waals surface area contributed by atoms with Gasteiger partial charge in [-0.1, -0.05) is 11.6 Å². The van der Waals surface area contributed by atoms with E-state index in [4.69, 9.17) is 16.3 Å². The summed E-state index contributed by atoms with van der Waals surface area (Å²) in [6.45, 7) is 0. The molecule has 0 saturated carbocycles. The first kappa shape index (κ1) is 16.2. The van der Waals surface area contributed by atoms with Gasteiger partial charge in [-0.05, 0) is 12.1 Å². The number of rotatable bonds is 3. The summed E-state index contributed by atoms with van der Waals surface area (Å²) < 4.78 is 35.9. The van der Waals surface area contributed by atoms with Crippen LogP contribution in [0.3, 0.4) is 0 Å². The van der Waals surface area contributed by atoms with Crippen LogP contribution in [-0.4, -0.2) is 21.5 Å². The van der Waals surface area contributed by atoms with E-state index in [2.05, 4.69) is 4.98 Å². The van der Waals surface area contributed by atoms with E-state index in [1.54, 1.807) is 6.07 Å². The topological polar surface area (TPSA) is 49.1 Å². The molecule has 0 atom stereocenters. The van der Waals surface area contributed by atoms with E-state index in [9.17, 15) is 13.6 Å². The van der Waals surface area contributed by atoms with E-state index < -0.39 is 17.2 Å². The van der Waals surface area contributed by atoms with Crippen molar-refractivity contribution in [1.29, 1.82) is 0 Å². The lowest BCUT2D eigenvalue weighted by Gasteiger charge is -2.11. The Bertz CT molecular complexity index is 941. The molecule has 0 aliphatic carbocycles. The van der Waals surface area contributed by atoms with Crippen LogP contribution < -0.4 is 10.3 Å². The van der Waals surface area contributed by atoms with Crippen molar-refractivity contribution < 1.29 is 13.5 Å². The van der Waals surface area contributed by atoms with Gasteiger partial charge in [0.25, 0.3) is 5.56 Å². The molecule has 8 heteroatoms. The van der Waals surface area contributed by atoms with Crippen molar-refractivity contribution in [2.75, 3.05) is 7.11 Å². The van der Waals surface area contributed by atoms with Gasteiger partial charge in [-0.2, -0.15) is 4.68 Å². The number of pyridine rings is 1. The largest absolute Gasteiger partial charge is 0.497 e. The number of ether oxygens (including phenoxy) is 1. The Morgan fingerprint density at radius 3 is 2.38 bits per heavy atom. The second-order valence-corrected chi connectivity index (χ2v) is 5.44. The molecule has 0 bridgehead atoms. The van der Waals surface area contributed by atoms with Gasteiger partial charge in [-0.3, -0.25) is 9.48 Å². The third-order valence-electron chi connectivity index (χ3n) is 3.55. The molecule has 2 heterocycles. The van der Waals surface area contributed by atoms with E-state index in [0.29, 0.717) is 5.02 Å². The minimum atomic E-state index is -0.830. The number of hydrogen-bond acceptors (Lipinski definition) is 3. The number of nitrogens with zero attached hydrogens (tertiary/aromatic N) is 3. The summed E-state index contributed by atoms with van der Waals surface area (Å²) >= 11 is 5.78. The monoisotopic (exact) mass is 351 g/mol. The predicted molar refractivity (Wildman–Crippen MR) is 85.7 cm³/mol. The molecule has 1 aromatic carbocycles. The molecule has 0 aliphatic rings. The third-order valence-corrected chi connectivity index (χ3v) is 3.78. The van der Waals surface area contributed by atoms with E-state index in [1.807, 2.05) is 0 Å². The zero-order valence-electron chi connectivity index (χ0n) is 12.8. The molecule has 2 aromatic heterocycles. The maximum Gasteiger partial charge on any atom is 0.273 e. The summed E-state index contributed by atoms with van der Waals surface area (Å²) in [7, 11) is 2.82. The Labute approximate surface area is 140 Å². The Morgan fingerprint density at radius 2 is 1.83 bits per heavy atom. The Kier molecular flexibility index (Phi) is 4.11. The molecule has 0 saturated heterocycles. The van der Waals surface area contributed by atoms with Crippen molar-refractivity contribution in [3.63, 3.8) is 0 Å². The van der Waals surface area contributed by atoms with Crippen molar-refractivity contribution in [2.24, 2.45) is 7.05 Å². The van der Waals surface area contributed by atoms with Crippen molar-refractivity contribution >= 4 is 11.6 Å². The molecular weight excluding hydrogens is 340 g/mol. The zero-order valence-corrected chi connectivity index (χ0v) is 13.5. The van der Waals surface area contributed by atoms with Crippen LogP contribution in [0.4, 0.5) is 8.78 Å². The Hall–Kier alpha value is -2.67. The fourth-order valence-electron chi connectivity index (χ4n) is 2.43. The molecule has 0 aliphatic heterocycles. The van der Waals surface area contributed by atoms with E-state index in [0.717, 1.165) is 18.2 Å². The summed E-state index contributed by atoms with van der Waals surface area (Å²) in [4.78, 5) is 16.3. The highest BCUT2D eigenvalue weighted by Crippen LogP contribution is 2.29. The molecule has 0 N–H and O–H groups in total. The summed E-state index contributed by atoms with van der Waals surface area (Å²) in [6, 6.07) is 6.36. The van der Waals surface area contributed by atoms with E-state index in [1.165, 1.54) is 35.8 Å². The third kappa shape index (κ3) is 2.67. The summed E-state index contributed by atoms with van der Waals surface area (Å²) in [5, 5.41) is 0.411. The van der Waals surface area contributed by atoms with Crippen molar-refractivity contribution in [1.82, 2.24) is 14.3 Å². The number of benzene rings is 1. The van der Waals surface area contributed by atoms with Crippen LogP contribution in [0.2, 0.25) is 5.02 Å². The minimum absolute atomic E-state index is 0.0533. The van der Waals surface area contributed by atoms with Crippen molar-refractivity contribution in [3.8, 4) is 22.8 Å². The van der Waals surface area contributed by atoms with Gasteiger partial charge < -0.3 is 4.74 Å². The Balaban J connectivity index is 2.20. The lowest BCUT2D eigenvalue weighted by molar-refractivity contribution is 0.407. The quantitative estimate of drug-likeness (QED) is 0.728. The summed E-state index contributed by atoms with van der Waals surface area (Å²) in [5.74, 6) is -1.32. The van der Waals surface area contributed by atoms with E-state index in [-0.39, 0.29) is 22.8 Å². The van der Waals surface area contributed by atoms with Gasteiger partial charge in [0.05, 0.1) is 23.4 Å². The lowest BCUT2D eigenvalue weighted by Crippen LogP contribution is -2.20. The maximum atomic E-state index is 14.3. The standard InChI is InChI=1S/C16H12ClF2N3O2/c1-21-13(16-11(18)5-10(24-2)6-12(16)19)7-15(23)22(21)14-4-3-9(17)8-20-14/h3-8H,1-2H3. The summed E-state index contributed by atoms with van der Waals surface area (Å²) in [5.41, 5.74) is -0.713. The second kappa shape index (κ2) is 6.09. The van der Waals surface area contributed by atoms with Crippen LogP contribution in [0.5, 0.6) is 5.75 Å². The molecule has 5 nitrogen and oxygen atoms in total. The molecule has 0 fully saturated rings. The van der Waals surface area contributed by atoms with Gasteiger partial charge in [0, 0.05) is 31.4 Å². The molecule has 124 valence electrons. The highest BCUT2D eigenvalue weighted by atomic mass is 35.5. The average Bonchev–Trinajstić information content (AvgIpc) is 2.82. The van der Waals surface area contributed by atoms with Crippen LogP contribution in [0, 0.1) is 11.6 Å². The van der Waals surface area contributed by atoms with Crippen LogP contribution in [0.25, 0.3) is 17.1 Å². The van der Waals surface area contributed by atoms with Crippen LogP contribution in [0.15, 0.2) is 41.3 Å². The highest BCUT2D eigenvalue weighted by molar-refractivity contribution is 6.30. The first-order chi connectivity index (χ1) is 11.4. The highest BCUT2D eigenvalue weighted by Gasteiger charge is 2.20. The smallest absolute Gasteiger partial charge is 0.273 e. The Morgan fingerprint density at radius 1 is 1.17 bits per heavy atom. The van der Waals surface area contributed by atoms with Crippen molar-refractivity contribution in [2.45, 2.75) is 0 Å². The average molecular weight is 352 g/mol. The molecule has 0 spiro atoms. The lowest BCUT2D eigenvalue weighted by atomic mass is 10.1. The zero-order chi connectivity index (χ0) is 17.4. The molecule has 3 rings (SSSR count). The SMILES string of the molecule is COc1cc(F)c(-c2cc(=O)n(-c3ccc(Cl)cn3)n2C)c(F)c1. The fourth-order valence-corrected chi connectivity index (χ4v) is 2.55. The number of aromatic nitrogens is 3. The molecule has 0 radical (unpaired) electrons. The molecule has 0 unspecified atom stereocenters. The maximum absolute atomic E-state index is 14.3. The van der Waals surface area contributed by atoms with Crippen LogP contribution >= 0.6 is 11.6 Å². The number of halogens is 3. The molecule has 0 amide bonds. The first-order valence-electron chi connectivity index (χ1n) is 6.86. The molecule has 3 aromatic rings. The van der Waals surface area contributed by atoms with Gasteiger partial charge in [0.2, 0.25) is 0 Å². The van der Waals surface area contributed by atoms with Gasteiger partial charge >= 0.3 is 0 Å². The van der Waals surface area contributed by atoms with Crippen LogP contribution in [0.1, 0.15) is 0 Å². The molecule has 24 heavy (non-hydrogen) atoms. The fraction of sp³-hybridized carbons (Fsp3) is 0.125. The predicted octanol–water partition coefficient (Wildman–Crippen LogP) is 3.18. The first-order valence-corrected chi connectivity index (χ1v) is 7.24. The molecular formula is C16H12ClF2N3O2. The van der Waals surface area contributed by atoms with Crippen molar-refractivity contribution in [3.05, 3.63) is 63.5 Å². The summed E-state index contributed by atoms with van der Waals surface area (Å²) in [6.07, 6.45) is 1.38. The normalized spacial score (nSPS) is 10.9. The number of methoxy groups -OCH3 is 1. The van der Waals surface area contributed by atoms with Gasteiger partial charge in [0.1, 0.15) is 17.4 Å². The second-order valence-electron chi connectivity index (χ2n) is 5.00. The van der Waals surface area contributed by atoms with Crippen LogP contribution in [-0.2, 0) is 7.05 Å². The van der Waals surface area contributed by atoms with Gasteiger partial charge in [-0.15, -0.1) is 0 Å².